The van der Waals surface area contributed by atoms with Gasteiger partial charge in [0, 0.05) is 17.8 Å². The molecule has 0 saturated carbocycles. The molecule has 0 radical (unpaired) electrons. The molecule has 14 heavy (non-hydrogen) atoms. The van der Waals surface area contributed by atoms with Crippen molar-refractivity contribution in [1.82, 2.24) is 10.3 Å². The van der Waals surface area contributed by atoms with Crippen LogP contribution in [0.3, 0.4) is 0 Å². The summed E-state index contributed by atoms with van der Waals surface area (Å²) in [5.74, 6) is 0. The van der Waals surface area contributed by atoms with Crippen molar-refractivity contribution in [2.45, 2.75) is 45.1 Å². The van der Waals surface area contributed by atoms with Crippen LogP contribution in [0.5, 0.6) is 0 Å². The van der Waals surface area contributed by atoms with E-state index < -0.39 is 0 Å². The second kappa shape index (κ2) is 4.89. The third-order valence-electron chi connectivity index (χ3n) is 2.68. The van der Waals surface area contributed by atoms with Crippen LogP contribution in [0.25, 0.3) is 0 Å². The molecule has 78 valence electrons. The molecule has 0 amide bonds. The van der Waals surface area contributed by atoms with Gasteiger partial charge in [0.2, 0.25) is 0 Å². The topological polar surface area (TPSA) is 24.9 Å². The van der Waals surface area contributed by atoms with E-state index in [1.807, 2.05) is 11.3 Å². The Kier molecular flexibility index (Phi) is 3.54. The summed E-state index contributed by atoms with van der Waals surface area (Å²) in [4.78, 5) is 4.64. The molecule has 1 fully saturated rings. The third kappa shape index (κ3) is 2.55. The predicted octanol–water partition coefficient (Wildman–Crippen LogP) is 2.39. The van der Waals surface area contributed by atoms with Crippen LogP contribution < -0.4 is 5.32 Å². The molecular weight excluding hydrogens is 192 g/mol. The highest BCUT2D eigenvalue weighted by Crippen LogP contribution is 2.16. The number of rotatable bonds is 4. The zero-order valence-corrected chi connectivity index (χ0v) is 9.57. The number of hydrogen-bond donors (Lipinski definition) is 1. The Morgan fingerprint density at radius 3 is 3.29 bits per heavy atom. The van der Waals surface area contributed by atoms with Gasteiger partial charge in [0.25, 0.3) is 0 Å². The van der Waals surface area contributed by atoms with Crippen LogP contribution in [0.1, 0.15) is 36.9 Å². The molecule has 1 saturated heterocycles. The van der Waals surface area contributed by atoms with Gasteiger partial charge in [-0.25, -0.2) is 4.98 Å². The van der Waals surface area contributed by atoms with E-state index >= 15 is 0 Å². The molecular formula is C11H18N2S. The van der Waals surface area contributed by atoms with Crippen LogP contribution >= 0.6 is 11.3 Å². The summed E-state index contributed by atoms with van der Waals surface area (Å²) in [5, 5.41) is 7.04. The molecule has 2 heterocycles. The maximum Gasteiger partial charge on any atom is 0.0928 e. The molecule has 2 nitrogen and oxygen atoms in total. The summed E-state index contributed by atoms with van der Waals surface area (Å²) in [5.41, 5.74) is 1.29. The van der Waals surface area contributed by atoms with Crippen molar-refractivity contribution < 1.29 is 0 Å². The fraction of sp³-hybridized carbons (Fsp3) is 0.727. The van der Waals surface area contributed by atoms with E-state index in [2.05, 4.69) is 22.6 Å². The molecule has 3 heteroatoms. The number of thiazole rings is 1. The number of nitrogens with one attached hydrogen (secondary N) is 1. The summed E-state index contributed by atoms with van der Waals surface area (Å²) in [6.07, 6.45) is 6.12. The van der Waals surface area contributed by atoms with Crippen LogP contribution in [0.15, 0.2) is 5.38 Å². The lowest BCUT2D eigenvalue weighted by atomic mass is 10.1. The van der Waals surface area contributed by atoms with E-state index in [9.17, 15) is 0 Å². The first-order valence-corrected chi connectivity index (χ1v) is 6.43. The lowest BCUT2D eigenvalue weighted by Crippen LogP contribution is -2.23. The second-order valence-corrected chi connectivity index (χ2v) is 4.92. The predicted molar refractivity (Wildman–Crippen MR) is 60.8 cm³/mol. The summed E-state index contributed by atoms with van der Waals surface area (Å²) in [7, 11) is 0. The lowest BCUT2D eigenvalue weighted by Gasteiger charge is -2.06. The van der Waals surface area contributed by atoms with Gasteiger partial charge in [-0.2, -0.15) is 0 Å². The number of aryl methyl sites for hydroxylation is 1. The maximum absolute atomic E-state index is 4.64. The van der Waals surface area contributed by atoms with E-state index in [0.717, 1.165) is 12.8 Å². The van der Waals surface area contributed by atoms with E-state index in [1.165, 1.54) is 36.5 Å². The van der Waals surface area contributed by atoms with Crippen LogP contribution in [0, 0.1) is 0 Å². The van der Waals surface area contributed by atoms with Gasteiger partial charge >= 0.3 is 0 Å². The average molecular weight is 210 g/mol. The zero-order chi connectivity index (χ0) is 9.80. The van der Waals surface area contributed by atoms with Gasteiger partial charge in [-0.05, 0) is 32.2 Å². The van der Waals surface area contributed by atoms with Gasteiger partial charge in [0.15, 0.2) is 0 Å². The highest BCUT2D eigenvalue weighted by molar-refractivity contribution is 7.09. The Bertz CT molecular complexity index is 277. The minimum absolute atomic E-state index is 0.687. The van der Waals surface area contributed by atoms with Crippen molar-refractivity contribution in [1.29, 1.82) is 0 Å². The maximum atomic E-state index is 4.64. The fourth-order valence-corrected chi connectivity index (χ4v) is 2.87. The molecule has 0 aromatic carbocycles. The summed E-state index contributed by atoms with van der Waals surface area (Å²) >= 11 is 1.82. The quantitative estimate of drug-likeness (QED) is 0.825. The van der Waals surface area contributed by atoms with Gasteiger partial charge in [-0.3, -0.25) is 0 Å². The molecule has 1 N–H and O–H groups in total. The van der Waals surface area contributed by atoms with Crippen molar-refractivity contribution in [2.24, 2.45) is 0 Å². The van der Waals surface area contributed by atoms with Crippen molar-refractivity contribution in [3.63, 3.8) is 0 Å². The van der Waals surface area contributed by atoms with Gasteiger partial charge in [-0.1, -0.05) is 6.92 Å². The van der Waals surface area contributed by atoms with E-state index in [0.29, 0.717) is 6.04 Å². The van der Waals surface area contributed by atoms with Crippen molar-refractivity contribution >= 4 is 11.3 Å². The third-order valence-corrected chi connectivity index (χ3v) is 3.64. The zero-order valence-electron chi connectivity index (χ0n) is 8.75. The Hall–Kier alpha value is -0.410. The Morgan fingerprint density at radius 2 is 2.57 bits per heavy atom. The minimum Gasteiger partial charge on any atom is -0.314 e. The average Bonchev–Trinajstić information content (AvgIpc) is 2.79. The standard InChI is InChI=1S/C11H18N2S/c1-2-4-11-13-10(8-14-11)7-9-5-3-6-12-9/h8-9,12H,2-7H2,1H3. The highest BCUT2D eigenvalue weighted by Gasteiger charge is 2.15. The molecule has 2 rings (SSSR count). The summed E-state index contributed by atoms with van der Waals surface area (Å²) in [6, 6.07) is 0.687. The van der Waals surface area contributed by atoms with E-state index in [4.69, 9.17) is 0 Å². The molecule has 1 unspecified atom stereocenters. The number of aromatic nitrogens is 1. The van der Waals surface area contributed by atoms with Crippen LogP contribution in [0.4, 0.5) is 0 Å². The smallest absolute Gasteiger partial charge is 0.0928 e. The highest BCUT2D eigenvalue weighted by atomic mass is 32.1. The summed E-state index contributed by atoms with van der Waals surface area (Å²) in [6.45, 7) is 3.40. The normalized spacial score (nSPS) is 21.6. The molecule has 1 aliphatic heterocycles. The Morgan fingerprint density at radius 1 is 1.64 bits per heavy atom. The minimum atomic E-state index is 0.687. The molecule has 0 spiro atoms. The Balaban J connectivity index is 1.88. The van der Waals surface area contributed by atoms with Crippen molar-refractivity contribution in [3.8, 4) is 0 Å². The van der Waals surface area contributed by atoms with Gasteiger partial charge in [-0.15, -0.1) is 11.3 Å². The Labute approximate surface area is 89.8 Å². The molecule has 1 aromatic heterocycles. The van der Waals surface area contributed by atoms with Crippen LogP contribution in [-0.4, -0.2) is 17.6 Å². The molecule has 1 atom stereocenters. The first-order chi connectivity index (χ1) is 6.88. The van der Waals surface area contributed by atoms with Crippen LogP contribution in [0.2, 0.25) is 0 Å². The number of nitrogens with zero attached hydrogens (tertiary/aromatic N) is 1. The monoisotopic (exact) mass is 210 g/mol. The first-order valence-electron chi connectivity index (χ1n) is 5.55. The SMILES string of the molecule is CCCc1nc(CC2CCCN2)cs1. The molecule has 0 bridgehead atoms. The van der Waals surface area contributed by atoms with Gasteiger partial charge < -0.3 is 5.32 Å². The van der Waals surface area contributed by atoms with E-state index in [1.54, 1.807) is 0 Å². The van der Waals surface area contributed by atoms with E-state index in [-0.39, 0.29) is 0 Å². The molecule has 1 aromatic rings. The second-order valence-electron chi connectivity index (χ2n) is 3.98. The largest absolute Gasteiger partial charge is 0.314 e. The summed E-state index contributed by atoms with van der Waals surface area (Å²) < 4.78 is 0. The van der Waals surface area contributed by atoms with Gasteiger partial charge in [0.05, 0.1) is 10.7 Å². The molecule has 1 aliphatic rings. The first kappa shape index (κ1) is 10.1. The lowest BCUT2D eigenvalue weighted by molar-refractivity contribution is 0.596. The van der Waals surface area contributed by atoms with Crippen LogP contribution in [-0.2, 0) is 12.8 Å². The fourth-order valence-electron chi connectivity index (χ4n) is 1.95. The van der Waals surface area contributed by atoms with Crippen molar-refractivity contribution in [2.75, 3.05) is 6.54 Å². The van der Waals surface area contributed by atoms with Gasteiger partial charge in [0.1, 0.15) is 0 Å². The van der Waals surface area contributed by atoms with Crippen molar-refractivity contribution in [3.05, 3.63) is 16.1 Å². The molecule has 0 aliphatic carbocycles. The number of hydrogen-bond acceptors (Lipinski definition) is 3.